The van der Waals surface area contributed by atoms with Gasteiger partial charge in [-0.15, -0.1) is 12.4 Å². The molecule has 0 spiro atoms. The van der Waals surface area contributed by atoms with Crippen LogP contribution in [0.1, 0.15) is 38.1 Å². The first-order valence-electron chi connectivity index (χ1n) is 6.66. The third-order valence-electron chi connectivity index (χ3n) is 3.06. The Kier molecular flexibility index (Phi) is 7.30. The molecule has 0 bridgehead atoms. The molecule has 1 aliphatic rings. The first kappa shape index (κ1) is 16.4. The molecule has 2 rings (SSSR count). The van der Waals surface area contributed by atoms with Crippen molar-refractivity contribution in [1.82, 2.24) is 20.4 Å². The van der Waals surface area contributed by atoms with Crippen molar-refractivity contribution < 1.29 is 9.26 Å². The monoisotopic (exact) mass is 290 g/mol. The molecule has 1 fully saturated rings. The van der Waals surface area contributed by atoms with Crippen LogP contribution in [-0.2, 0) is 11.3 Å². The standard InChI is InChI=1S/C12H22N4O2.ClH/c1-3-17-10(2)12-14-11(18-15-12)9-16-7-4-5-13-6-8-16;/h10,13H,3-9H2,1-2H3;1H. The third kappa shape index (κ3) is 5.06. The van der Waals surface area contributed by atoms with Crippen LogP contribution in [0.5, 0.6) is 0 Å². The van der Waals surface area contributed by atoms with Gasteiger partial charge < -0.3 is 14.6 Å². The van der Waals surface area contributed by atoms with Gasteiger partial charge in [-0.25, -0.2) is 0 Å². The van der Waals surface area contributed by atoms with Crippen LogP contribution in [0.3, 0.4) is 0 Å². The second-order valence-electron chi connectivity index (χ2n) is 4.52. The van der Waals surface area contributed by atoms with Gasteiger partial charge in [-0.2, -0.15) is 4.98 Å². The van der Waals surface area contributed by atoms with Crippen LogP contribution >= 0.6 is 12.4 Å². The van der Waals surface area contributed by atoms with Crippen molar-refractivity contribution in [3.63, 3.8) is 0 Å². The highest BCUT2D eigenvalue weighted by Gasteiger charge is 2.16. The van der Waals surface area contributed by atoms with E-state index in [1.165, 1.54) is 0 Å². The van der Waals surface area contributed by atoms with E-state index in [9.17, 15) is 0 Å². The molecule has 0 aromatic carbocycles. The Morgan fingerprint density at radius 3 is 3.05 bits per heavy atom. The lowest BCUT2D eigenvalue weighted by Crippen LogP contribution is -2.27. The lowest BCUT2D eigenvalue weighted by atomic mass is 10.4. The molecule has 0 saturated carbocycles. The maximum Gasteiger partial charge on any atom is 0.240 e. The molecule has 1 unspecified atom stereocenters. The predicted octanol–water partition coefficient (Wildman–Crippen LogP) is 1.38. The fourth-order valence-corrected chi connectivity index (χ4v) is 2.07. The summed E-state index contributed by atoms with van der Waals surface area (Å²) in [6.07, 6.45) is 1.06. The molecule has 1 aromatic rings. The Balaban J connectivity index is 0.00000180. The highest BCUT2D eigenvalue weighted by Crippen LogP contribution is 2.13. The van der Waals surface area contributed by atoms with Gasteiger partial charge in [0, 0.05) is 19.7 Å². The van der Waals surface area contributed by atoms with Crippen LogP contribution in [0, 0.1) is 0 Å². The van der Waals surface area contributed by atoms with E-state index >= 15 is 0 Å². The normalized spacial score (nSPS) is 18.6. The molecule has 1 atom stereocenters. The zero-order chi connectivity index (χ0) is 12.8. The number of nitrogens with one attached hydrogen (secondary N) is 1. The molecule has 19 heavy (non-hydrogen) atoms. The number of hydrogen-bond donors (Lipinski definition) is 1. The first-order valence-corrected chi connectivity index (χ1v) is 6.66. The summed E-state index contributed by atoms with van der Waals surface area (Å²) >= 11 is 0. The van der Waals surface area contributed by atoms with Crippen LogP contribution < -0.4 is 5.32 Å². The van der Waals surface area contributed by atoms with Crippen molar-refractivity contribution in [2.45, 2.75) is 32.9 Å². The number of rotatable bonds is 5. The first-order chi connectivity index (χ1) is 8.79. The summed E-state index contributed by atoms with van der Waals surface area (Å²) in [5, 5.41) is 7.35. The molecular weight excluding hydrogens is 268 g/mol. The Labute approximate surface area is 120 Å². The van der Waals surface area contributed by atoms with Crippen molar-refractivity contribution in [3.8, 4) is 0 Å². The SMILES string of the molecule is CCOC(C)c1noc(CN2CCCNCC2)n1.Cl. The van der Waals surface area contributed by atoms with Crippen molar-refractivity contribution in [2.24, 2.45) is 0 Å². The Morgan fingerprint density at radius 1 is 1.42 bits per heavy atom. The van der Waals surface area contributed by atoms with Gasteiger partial charge in [0.1, 0.15) is 6.10 Å². The van der Waals surface area contributed by atoms with Crippen LogP contribution in [-0.4, -0.2) is 47.8 Å². The minimum absolute atomic E-state index is 0. The second kappa shape index (κ2) is 8.47. The predicted molar refractivity (Wildman–Crippen MR) is 74.4 cm³/mol. The van der Waals surface area contributed by atoms with E-state index in [-0.39, 0.29) is 18.5 Å². The number of ether oxygens (including phenoxy) is 1. The van der Waals surface area contributed by atoms with Crippen LogP contribution in [0.4, 0.5) is 0 Å². The summed E-state index contributed by atoms with van der Waals surface area (Å²) in [7, 11) is 0. The van der Waals surface area contributed by atoms with E-state index < -0.39 is 0 Å². The van der Waals surface area contributed by atoms with Crippen LogP contribution in [0.15, 0.2) is 4.52 Å². The second-order valence-corrected chi connectivity index (χ2v) is 4.52. The molecule has 1 N–H and O–H groups in total. The van der Waals surface area contributed by atoms with E-state index in [1.54, 1.807) is 0 Å². The molecule has 2 heterocycles. The molecule has 7 heteroatoms. The molecule has 0 radical (unpaired) electrons. The number of halogens is 1. The van der Waals surface area contributed by atoms with Gasteiger partial charge in [0.05, 0.1) is 6.54 Å². The van der Waals surface area contributed by atoms with Crippen LogP contribution in [0.25, 0.3) is 0 Å². The highest BCUT2D eigenvalue weighted by atomic mass is 35.5. The van der Waals surface area contributed by atoms with Gasteiger partial charge in [-0.3, -0.25) is 4.90 Å². The lowest BCUT2D eigenvalue weighted by molar-refractivity contribution is 0.0683. The fraction of sp³-hybridized carbons (Fsp3) is 0.833. The zero-order valence-electron chi connectivity index (χ0n) is 11.6. The fourth-order valence-electron chi connectivity index (χ4n) is 2.07. The third-order valence-corrected chi connectivity index (χ3v) is 3.06. The number of nitrogens with zero attached hydrogens (tertiary/aromatic N) is 3. The van der Waals surface area contributed by atoms with Gasteiger partial charge in [-0.05, 0) is 33.4 Å². The molecule has 1 aliphatic heterocycles. The minimum Gasteiger partial charge on any atom is -0.371 e. The van der Waals surface area contributed by atoms with Crippen molar-refractivity contribution >= 4 is 12.4 Å². The maximum absolute atomic E-state index is 5.44. The molecule has 110 valence electrons. The molecular formula is C12H23ClN4O2. The van der Waals surface area contributed by atoms with Crippen molar-refractivity contribution in [1.29, 1.82) is 0 Å². The van der Waals surface area contributed by atoms with Crippen molar-refractivity contribution in [3.05, 3.63) is 11.7 Å². The Hall–Kier alpha value is -0.690. The van der Waals surface area contributed by atoms with Gasteiger partial charge in [0.25, 0.3) is 0 Å². The number of aromatic nitrogens is 2. The molecule has 1 saturated heterocycles. The molecule has 6 nitrogen and oxygen atoms in total. The largest absolute Gasteiger partial charge is 0.371 e. The Bertz CT molecular complexity index is 353. The highest BCUT2D eigenvalue weighted by molar-refractivity contribution is 5.85. The quantitative estimate of drug-likeness (QED) is 0.884. The van der Waals surface area contributed by atoms with E-state index in [1.807, 2.05) is 13.8 Å². The average molecular weight is 291 g/mol. The summed E-state index contributed by atoms with van der Waals surface area (Å²) in [6.45, 7) is 9.50. The summed E-state index contributed by atoms with van der Waals surface area (Å²) in [4.78, 5) is 6.72. The van der Waals surface area contributed by atoms with E-state index in [4.69, 9.17) is 9.26 Å². The molecule has 0 aliphatic carbocycles. The molecule has 0 amide bonds. The maximum atomic E-state index is 5.44. The van der Waals surface area contributed by atoms with Crippen LogP contribution in [0.2, 0.25) is 0 Å². The smallest absolute Gasteiger partial charge is 0.240 e. The summed E-state index contributed by atoms with van der Waals surface area (Å²) < 4.78 is 10.7. The van der Waals surface area contributed by atoms with E-state index in [0.29, 0.717) is 18.3 Å². The van der Waals surface area contributed by atoms with Gasteiger partial charge >= 0.3 is 0 Å². The van der Waals surface area contributed by atoms with E-state index in [0.717, 1.165) is 39.1 Å². The number of hydrogen-bond acceptors (Lipinski definition) is 6. The Morgan fingerprint density at radius 2 is 2.26 bits per heavy atom. The average Bonchev–Trinajstić information content (AvgIpc) is 2.67. The molecule has 1 aromatic heterocycles. The van der Waals surface area contributed by atoms with Crippen molar-refractivity contribution in [2.75, 3.05) is 32.8 Å². The summed E-state index contributed by atoms with van der Waals surface area (Å²) in [5.74, 6) is 1.32. The summed E-state index contributed by atoms with van der Waals surface area (Å²) in [5.41, 5.74) is 0. The lowest BCUT2D eigenvalue weighted by Gasteiger charge is -2.16. The van der Waals surface area contributed by atoms with E-state index in [2.05, 4.69) is 20.4 Å². The minimum atomic E-state index is -0.0988. The van der Waals surface area contributed by atoms with Gasteiger partial charge in [-0.1, -0.05) is 5.16 Å². The topological polar surface area (TPSA) is 63.4 Å². The zero-order valence-corrected chi connectivity index (χ0v) is 12.4. The van der Waals surface area contributed by atoms with Gasteiger partial charge in [0.2, 0.25) is 5.89 Å². The van der Waals surface area contributed by atoms with Gasteiger partial charge in [0.15, 0.2) is 5.82 Å². The summed E-state index contributed by atoms with van der Waals surface area (Å²) in [6, 6.07) is 0.